The molecule has 0 saturated carbocycles. The van der Waals surface area contributed by atoms with Crippen molar-refractivity contribution in [3.8, 4) is 0 Å². The van der Waals surface area contributed by atoms with Crippen LogP contribution >= 0.6 is 71.4 Å². The first-order valence-electron chi connectivity index (χ1n) is 33.8. The Balaban J connectivity index is -0.000000248. The first-order chi connectivity index (χ1) is 45.4. The number of carbonyl (C=O) groups excluding carboxylic acids is 3. The van der Waals surface area contributed by atoms with Gasteiger partial charge in [0, 0.05) is 125 Å². The van der Waals surface area contributed by atoms with Crippen LogP contribution in [0.5, 0.6) is 0 Å². The van der Waals surface area contributed by atoms with Gasteiger partial charge in [0.25, 0.3) is 0 Å². The van der Waals surface area contributed by atoms with E-state index in [0.29, 0.717) is 63.0 Å². The number of carbonyl (C=O) groups is 3. The average Bonchev–Trinajstić information content (AvgIpc) is 0.816. The molecule has 588 valence electrons. The normalized spacial score (nSPS) is 13.2. The number of nitrogens with zero attached hydrogens (tertiary/aromatic N) is 1. The van der Waals surface area contributed by atoms with Gasteiger partial charge in [-0.1, -0.05) is 105 Å². The van der Waals surface area contributed by atoms with Crippen LogP contribution in [-0.2, 0) is 80.4 Å². The van der Waals surface area contributed by atoms with E-state index in [4.69, 9.17) is 24.8 Å². The summed E-state index contributed by atoms with van der Waals surface area (Å²) in [5.74, 6) is 0.000764. The SMILES string of the molecule is CC(=O)CCCP(C)(C)=O.CC(=O)CCP(C)(C)=O.CC(=O)OCCP(C)(C)=O.CCCP(C)(=O)Cc1ccccc1.CCCP(C)(C)=O.CP(=O)(CCO)CCO.CP(=O)(c1ccccc1)c1ccccc1.CP(C)(=O)CCN1CCOCC1.CP(C)(=O)CCOCCO.CP(C)(C)=O. The summed E-state index contributed by atoms with van der Waals surface area (Å²) in [6.45, 7) is 45.9. The van der Waals surface area contributed by atoms with Crippen LogP contribution in [0.25, 0.3) is 0 Å². The fraction of sp³-hybridized carbons (Fsp3) is 0.700. The number of hydrogen-bond donors (Lipinski definition) is 3. The fourth-order valence-electron chi connectivity index (χ4n) is 7.37. The highest BCUT2D eigenvalue weighted by atomic mass is 31.2. The van der Waals surface area contributed by atoms with E-state index < -0.39 is 71.4 Å². The number of ether oxygens (including phenoxy) is 3. The molecule has 30 heteroatoms. The van der Waals surface area contributed by atoms with Crippen LogP contribution in [-0.4, -0.2) is 286 Å². The number of aliphatic hydroxyl groups excluding tert-OH is 3. The molecule has 0 bridgehead atoms. The van der Waals surface area contributed by atoms with E-state index in [1.165, 1.54) is 19.4 Å². The largest absolute Gasteiger partial charge is 0.465 e. The zero-order valence-electron chi connectivity index (χ0n) is 65.8. The van der Waals surface area contributed by atoms with E-state index >= 15 is 0 Å². The molecular formula is C70H139NO19P10. The topological polar surface area (TPSA) is 314 Å². The predicted molar refractivity (Wildman–Crippen MR) is 441 cm³/mol. The molecule has 0 aliphatic carbocycles. The fourth-order valence-corrected chi connectivity index (χ4v) is 17.0. The number of ketones is 2. The third-order valence-corrected chi connectivity index (χ3v) is 28.0. The van der Waals surface area contributed by atoms with Gasteiger partial charge in [-0.15, -0.1) is 0 Å². The van der Waals surface area contributed by atoms with Crippen molar-refractivity contribution in [3.63, 3.8) is 0 Å². The minimum absolute atomic E-state index is 0.0394. The smallest absolute Gasteiger partial charge is 0.302 e. The lowest BCUT2D eigenvalue weighted by atomic mass is 10.2. The Kier molecular flexibility index (Phi) is 65.2. The zero-order valence-corrected chi connectivity index (χ0v) is 74.8. The molecule has 1 aliphatic heterocycles. The van der Waals surface area contributed by atoms with Crippen LogP contribution in [0.15, 0.2) is 91.0 Å². The van der Waals surface area contributed by atoms with Crippen molar-refractivity contribution in [3.05, 3.63) is 96.6 Å². The molecule has 0 radical (unpaired) electrons. The highest BCUT2D eigenvalue weighted by molar-refractivity contribution is 7.78. The summed E-state index contributed by atoms with van der Waals surface area (Å²) < 4.78 is 127. The van der Waals surface area contributed by atoms with Gasteiger partial charge in [0.05, 0.1) is 104 Å². The average molecular weight is 1610 g/mol. The van der Waals surface area contributed by atoms with Gasteiger partial charge in [-0.25, -0.2) is 0 Å². The summed E-state index contributed by atoms with van der Waals surface area (Å²) >= 11 is 0. The number of Topliss-reactive ketones (excluding diaryl/α,β-unsaturated/α-hetero) is 2. The van der Waals surface area contributed by atoms with Crippen LogP contribution in [0.3, 0.4) is 0 Å². The Morgan fingerprint density at radius 2 is 0.780 bits per heavy atom. The van der Waals surface area contributed by atoms with Gasteiger partial charge in [0.15, 0.2) is 0 Å². The molecule has 0 aromatic heterocycles. The molecule has 1 unspecified atom stereocenters. The first kappa shape index (κ1) is 109. The number of esters is 1. The standard InChI is InChI=1S/C13H13OP.C11H17OP.C8H18NO2P.C7H15O2P.C6H13O3P.C6H15O3P.C6H13O2P.C5H13O3P.C5H13OP.C3H9OP/c1-15(14,12-8-4-2-5-9-12)13-10-6-3-7-11-13;1-3-9-13(2,12)10-11-7-5-4-6-8-11;1-12(2,10)8-5-9-3-6-11-7-4-9;1-7(8)5-4-6-10(2,3)9;1-6(7)9-4-5-10(2,3)8;1-10(2,8)6-5-9-4-3-7;1-6(7)4-5-9(2,3)8;1-9(8,4-2-6)5-3-7;1-4-5-7(2,3)6;1-5(2,3)4/h2-11H,1H3;4-8H,3,9-10H2,1-2H3;3-8H2,1-2H3;4-6H2,1-3H3;4-5H2,1-3H3;7H,3-6H2,1-2H3;4-5H2,1-3H3;6-7H,2-5H2,1H3;4-5H2,1-3H3;1-3H3. The molecule has 1 fully saturated rings. The monoisotopic (exact) mass is 1610 g/mol. The summed E-state index contributed by atoms with van der Waals surface area (Å²) in [5.41, 5.74) is 1.20. The molecule has 1 heterocycles. The lowest BCUT2D eigenvalue weighted by Crippen LogP contribution is -2.37. The molecule has 3 aromatic rings. The lowest BCUT2D eigenvalue weighted by Gasteiger charge is -2.26. The predicted octanol–water partition coefficient (Wildman–Crippen LogP) is 15.7. The van der Waals surface area contributed by atoms with E-state index in [0.717, 1.165) is 87.4 Å². The van der Waals surface area contributed by atoms with Crippen molar-refractivity contribution in [2.75, 3.05) is 248 Å². The molecule has 3 aromatic carbocycles. The Bertz CT molecular complexity index is 2990. The maximum Gasteiger partial charge on any atom is 0.302 e. The first-order valence-corrected chi connectivity index (χ1v) is 60.8. The van der Waals surface area contributed by atoms with Crippen molar-refractivity contribution in [2.45, 2.75) is 72.9 Å². The Morgan fingerprint density at radius 1 is 0.420 bits per heavy atom. The Morgan fingerprint density at radius 3 is 1.08 bits per heavy atom. The number of hydrogen-bond acceptors (Lipinski definition) is 20. The number of morpholine rings is 1. The lowest BCUT2D eigenvalue weighted by molar-refractivity contribution is -0.140. The summed E-state index contributed by atoms with van der Waals surface area (Å²) in [5, 5.41) is 26.9. The molecule has 1 saturated heterocycles. The highest BCUT2D eigenvalue weighted by Crippen LogP contribution is 2.46. The van der Waals surface area contributed by atoms with Crippen LogP contribution in [0.2, 0.25) is 0 Å². The second kappa shape index (κ2) is 59.6. The molecule has 0 spiro atoms. The van der Waals surface area contributed by atoms with Crippen molar-refractivity contribution in [2.24, 2.45) is 0 Å². The van der Waals surface area contributed by atoms with E-state index in [1.807, 2.05) is 131 Å². The second-order valence-electron chi connectivity index (χ2n) is 28.5. The van der Waals surface area contributed by atoms with Crippen LogP contribution in [0.4, 0.5) is 0 Å². The number of rotatable bonds is 30. The maximum absolute atomic E-state index is 12.6. The van der Waals surface area contributed by atoms with E-state index in [2.05, 4.69) is 23.5 Å². The van der Waals surface area contributed by atoms with E-state index in [9.17, 15) is 60.0 Å². The molecule has 0 amide bonds. The van der Waals surface area contributed by atoms with Gasteiger partial charge in [-0.3, -0.25) is 9.69 Å². The van der Waals surface area contributed by atoms with Crippen LogP contribution < -0.4 is 10.6 Å². The molecule has 1 atom stereocenters. The molecule has 100 heavy (non-hydrogen) atoms. The molecule has 1 aliphatic rings. The maximum atomic E-state index is 12.6. The Labute approximate surface area is 607 Å². The molecule has 20 nitrogen and oxygen atoms in total. The van der Waals surface area contributed by atoms with Gasteiger partial charge >= 0.3 is 5.97 Å². The number of aliphatic hydroxyl groups is 3. The van der Waals surface area contributed by atoms with Crippen molar-refractivity contribution >= 4 is 99.6 Å². The van der Waals surface area contributed by atoms with E-state index in [1.54, 1.807) is 86.9 Å². The van der Waals surface area contributed by atoms with Gasteiger partial charge < -0.3 is 84.8 Å². The van der Waals surface area contributed by atoms with E-state index in [-0.39, 0.29) is 44.0 Å². The summed E-state index contributed by atoms with van der Waals surface area (Å²) in [7, 11) is -19.3. The summed E-state index contributed by atoms with van der Waals surface area (Å²) in [6, 6.07) is 29.4. The molecule has 4 rings (SSSR count). The van der Waals surface area contributed by atoms with Crippen LogP contribution in [0.1, 0.15) is 72.3 Å². The molecule has 3 N–H and O–H groups in total. The van der Waals surface area contributed by atoms with Gasteiger partial charge in [0.1, 0.15) is 18.7 Å². The van der Waals surface area contributed by atoms with Crippen LogP contribution in [0, 0.1) is 0 Å². The second-order valence-corrected chi connectivity index (χ2v) is 63.6. The number of benzene rings is 3. The minimum atomic E-state index is -2.40. The van der Waals surface area contributed by atoms with Crippen molar-refractivity contribution in [1.29, 1.82) is 0 Å². The zero-order chi connectivity index (χ0) is 79.2. The quantitative estimate of drug-likeness (QED) is 0.0317. The van der Waals surface area contributed by atoms with Crippen molar-refractivity contribution in [1.82, 2.24) is 4.90 Å². The van der Waals surface area contributed by atoms with Gasteiger partial charge in [0.2, 0.25) is 0 Å². The van der Waals surface area contributed by atoms with Crippen molar-refractivity contribution < 1.29 is 89.6 Å². The van der Waals surface area contributed by atoms with Gasteiger partial charge in [-0.05, 0) is 159 Å². The summed E-state index contributed by atoms with van der Waals surface area (Å²) in [4.78, 5) is 33.3. The summed E-state index contributed by atoms with van der Waals surface area (Å²) in [6.07, 6.45) is 10.2. The van der Waals surface area contributed by atoms with Gasteiger partial charge in [-0.2, -0.15) is 0 Å². The third kappa shape index (κ3) is 94.5. The molecular weight excluding hydrogens is 1470 g/mol. The Hall–Kier alpha value is -1.47. The minimum Gasteiger partial charge on any atom is -0.465 e. The third-order valence-electron chi connectivity index (χ3n) is 12.7. The highest BCUT2D eigenvalue weighted by Gasteiger charge is 2.20.